The summed E-state index contributed by atoms with van der Waals surface area (Å²) in [5.41, 5.74) is 3.85. The molecule has 1 aliphatic heterocycles. The second-order valence-electron chi connectivity index (χ2n) is 6.38. The molecule has 0 spiro atoms. The van der Waals surface area contributed by atoms with Gasteiger partial charge in [0, 0.05) is 48.8 Å². The van der Waals surface area contributed by atoms with Crippen LogP contribution in [-0.2, 0) is 6.54 Å². The summed E-state index contributed by atoms with van der Waals surface area (Å²) in [6.07, 6.45) is 6.05. The number of rotatable bonds is 6. The van der Waals surface area contributed by atoms with Crippen molar-refractivity contribution < 1.29 is 0 Å². The summed E-state index contributed by atoms with van der Waals surface area (Å²) in [6, 6.07) is 2.77. The highest BCUT2D eigenvalue weighted by molar-refractivity contribution is 5.54. The van der Waals surface area contributed by atoms with Crippen LogP contribution in [0, 0.1) is 12.8 Å². The topological polar surface area (TPSA) is 28.2 Å². The van der Waals surface area contributed by atoms with E-state index in [1.54, 1.807) is 0 Å². The van der Waals surface area contributed by atoms with Crippen molar-refractivity contribution in [2.45, 2.75) is 59.5 Å². The maximum atomic E-state index is 4.48. The molecule has 1 unspecified atom stereocenters. The highest BCUT2D eigenvalue weighted by Gasteiger charge is 2.23. The van der Waals surface area contributed by atoms with Crippen molar-refractivity contribution in [3.05, 3.63) is 23.5 Å². The first-order valence-corrected chi connectivity index (χ1v) is 8.04. The Balaban J connectivity index is 2.11. The number of nitrogens with one attached hydrogen (secondary N) is 1. The van der Waals surface area contributed by atoms with Gasteiger partial charge in [0.1, 0.15) is 0 Å². The first-order chi connectivity index (χ1) is 9.60. The van der Waals surface area contributed by atoms with E-state index in [0.29, 0.717) is 6.04 Å². The Morgan fingerprint density at radius 3 is 2.95 bits per heavy atom. The molecule has 1 fully saturated rings. The average Bonchev–Trinajstić information content (AvgIpc) is 2.86. The molecule has 1 saturated heterocycles. The van der Waals surface area contributed by atoms with Gasteiger partial charge < -0.3 is 10.2 Å². The zero-order valence-corrected chi connectivity index (χ0v) is 13.4. The van der Waals surface area contributed by atoms with E-state index in [2.05, 4.69) is 49.0 Å². The number of hydrogen-bond acceptors (Lipinski definition) is 3. The molecule has 3 heteroatoms. The Morgan fingerprint density at radius 1 is 1.45 bits per heavy atom. The van der Waals surface area contributed by atoms with Crippen LogP contribution < -0.4 is 10.2 Å². The molecule has 1 atom stereocenters. The lowest BCUT2D eigenvalue weighted by Crippen LogP contribution is -2.26. The predicted molar refractivity (Wildman–Crippen MR) is 86.2 cm³/mol. The van der Waals surface area contributed by atoms with Gasteiger partial charge in [0.25, 0.3) is 0 Å². The van der Waals surface area contributed by atoms with E-state index in [1.165, 1.54) is 43.6 Å². The van der Waals surface area contributed by atoms with Crippen molar-refractivity contribution in [2.75, 3.05) is 18.0 Å². The number of aryl methyl sites for hydroxylation is 1. The minimum absolute atomic E-state index is 0.510. The monoisotopic (exact) mass is 275 g/mol. The van der Waals surface area contributed by atoms with Gasteiger partial charge in [-0.05, 0) is 31.7 Å². The highest BCUT2D eigenvalue weighted by atomic mass is 15.2. The number of pyridine rings is 1. The fourth-order valence-electron chi connectivity index (χ4n) is 3.01. The highest BCUT2D eigenvalue weighted by Crippen LogP contribution is 2.29. The lowest BCUT2D eigenvalue weighted by molar-refractivity contribution is 0.529. The molecule has 3 nitrogen and oxygen atoms in total. The van der Waals surface area contributed by atoms with Gasteiger partial charge in [-0.15, -0.1) is 0 Å². The fraction of sp³-hybridized carbons (Fsp3) is 0.706. The molecular formula is C17H29N3. The summed E-state index contributed by atoms with van der Waals surface area (Å²) in [5.74, 6) is 0.874. The van der Waals surface area contributed by atoms with Gasteiger partial charge in [0.15, 0.2) is 0 Å². The second-order valence-corrected chi connectivity index (χ2v) is 6.38. The SMILES string of the molecule is CCCC1CCN(c2cc(C)ncc2CNC(C)C)C1. The van der Waals surface area contributed by atoms with Gasteiger partial charge in [0.2, 0.25) is 0 Å². The number of hydrogen-bond donors (Lipinski definition) is 1. The van der Waals surface area contributed by atoms with Crippen LogP contribution in [0.4, 0.5) is 5.69 Å². The zero-order valence-electron chi connectivity index (χ0n) is 13.4. The van der Waals surface area contributed by atoms with E-state index >= 15 is 0 Å². The lowest BCUT2D eigenvalue weighted by Gasteiger charge is -2.23. The van der Waals surface area contributed by atoms with Crippen molar-refractivity contribution in [3.8, 4) is 0 Å². The van der Waals surface area contributed by atoms with E-state index in [9.17, 15) is 0 Å². The molecule has 20 heavy (non-hydrogen) atoms. The molecular weight excluding hydrogens is 246 g/mol. The third-order valence-electron chi connectivity index (χ3n) is 4.12. The van der Waals surface area contributed by atoms with Crippen molar-refractivity contribution in [2.24, 2.45) is 5.92 Å². The first-order valence-electron chi connectivity index (χ1n) is 8.04. The van der Waals surface area contributed by atoms with Crippen LogP contribution in [0.2, 0.25) is 0 Å². The Bertz CT molecular complexity index is 428. The molecule has 0 aromatic carbocycles. The van der Waals surface area contributed by atoms with Gasteiger partial charge in [-0.25, -0.2) is 0 Å². The molecule has 2 rings (SSSR count). The smallest absolute Gasteiger partial charge is 0.0445 e. The summed E-state index contributed by atoms with van der Waals surface area (Å²) >= 11 is 0. The molecule has 1 aromatic heterocycles. The van der Waals surface area contributed by atoms with Crippen LogP contribution in [0.1, 0.15) is 51.3 Å². The van der Waals surface area contributed by atoms with E-state index in [4.69, 9.17) is 0 Å². The van der Waals surface area contributed by atoms with Crippen LogP contribution >= 0.6 is 0 Å². The lowest BCUT2D eigenvalue weighted by atomic mass is 10.0. The normalized spacial score (nSPS) is 19.1. The van der Waals surface area contributed by atoms with Crippen molar-refractivity contribution >= 4 is 5.69 Å². The summed E-state index contributed by atoms with van der Waals surface area (Å²) < 4.78 is 0. The third-order valence-corrected chi connectivity index (χ3v) is 4.12. The number of anilines is 1. The molecule has 1 aliphatic rings. The van der Waals surface area contributed by atoms with Crippen molar-refractivity contribution in [1.29, 1.82) is 0 Å². The van der Waals surface area contributed by atoms with Crippen LogP contribution in [-0.4, -0.2) is 24.1 Å². The van der Waals surface area contributed by atoms with Gasteiger partial charge in [-0.1, -0.05) is 27.2 Å². The van der Waals surface area contributed by atoms with Gasteiger partial charge >= 0.3 is 0 Å². The molecule has 0 amide bonds. The molecule has 2 heterocycles. The largest absolute Gasteiger partial charge is 0.371 e. The Kier molecular flexibility index (Phi) is 5.41. The Hall–Kier alpha value is -1.09. The third kappa shape index (κ3) is 3.95. The molecule has 0 radical (unpaired) electrons. The predicted octanol–water partition coefficient (Wildman–Crippen LogP) is 3.51. The molecule has 0 saturated carbocycles. The van der Waals surface area contributed by atoms with Crippen molar-refractivity contribution in [3.63, 3.8) is 0 Å². The van der Waals surface area contributed by atoms with Crippen LogP contribution in [0.3, 0.4) is 0 Å². The van der Waals surface area contributed by atoms with Gasteiger partial charge in [-0.2, -0.15) is 0 Å². The minimum Gasteiger partial charge on any atom is -0.371 e. The number of nitrogens with zero attached hydrogens (tertiary/aromatic N) is 2. The molecule has 112 valence electrons. The first kappa shape index (κ1) is 15.3. The molecule has 1 N–H and O–H groups in total. The molecule has 0 bridgehead atoms. The fourth-order valence-corrected chi connectivity index (χ4v) is 3.01. The molecule has 0 aliphatic carbocycles. The maximum absolute atomic E-state index is 4.48. The number of aromatic nitrogens is 1. The summed E-state index contributed by atoms with van der Waals surface area (Å²) in [6.45, 7) is 12.1. The summed E-state index contributed by atoms with van der Waals surface area (Å²) in [5, 5.41) is 3.51. The van der Waals surface area contributed by atoms with Crippen LogP contribution in [0.5, 0.6) is 0 Å². The van der Waals surface area contributed by atoms with E-state index in [-0.39, 0.29) is 0 Å². The Morgan fingerprint density at radius 2 is 2.25 bits per heavy atom. The van der Waals surface area contributed by atoms with Gasteiger partial charge in [0.05, 0.1) is 0 Å². The van der Waals surface area contributed by atoms with Crippen molar-refractivity contribution in [1.82, 2.24) is 10.3 Å². The second kappa shape index (κ2) is 7.07. The van der Waals surface area contributed by atoms with E-state index in [1.807, 2.05) is 6.20 Å². The summed E-state index contributed by atoms with van der Waals surface area (Å²) in [7, 11) is 0. The minimum atomic E-state index is 0.510. The molecule has 1 aromatic rings. The van der Waals surface area contributed by atoms with Crippen LogP contribution in [0.15, 0.2) is 12.3 Å². The Labute approximate surface area is 123 Å². The van der Waals surface area contributed by atoms with Crippen LogP contribution in [0.25, 0.3) is 0 Å². The van der Waals surface area contributed by atoms with E-state index in [0.717, 1.165) is 18.2 Å². The standard InChI is InChI=1S/C17H29N3/c1-5-6-15-7-8-20(12-15)17-9-14(4)19-11-16(17)10-18-13(2)3/h9,11,13,15,18H,5-8,10,12H2,1-4H3. The average molecular weight is 275 g/mol. The van der Waals surface area contributed by atoms with Gasteiger partial charge in [-0.3, -0.25) is 4.98 Å². The summed E-state index contributed by atoms with van der Waals surface area (Å²) in [4.78, 5) is 7.04. The quantitative estimate of drug-likeness (QED) is 0.861. The maximum Gasteiger partial charge on any atom is 0.0445 e. The van der Waals surface area contributed by atoms with E-state index < -0.39 is 0 Å². The zero-order chi connectivity index (χ0) is 14.5.